The summed E-state index contributed by atoms with van der Waals surface area (Å²) in [7, 11) is 1.67. The Morgan fingerprint density at radius 2 is 1.89 bits per heavy atom. The third-order valence-electron chi connectivity index (χ3n) is 5.56. The third-order valence-corrected chi connectivity index (χ3v) is 5.76. The molecule has 1 spiro atoms. The molecule has 4 rings (SSSR count). The van der Waals surface area contributed by atoms with Crippen LogP contribution in [0.5, 0.6) is 17.2 Å². The van der Waals surface area contributed by atoms with Gasteiger partial charge in [-0.3, -0.25) is 0 Å². The van der Waals surface area contributed by atoms with Gasteiger partial charge in [-0.2, -0.15) is 0 Å². The molecule has 2 heterocycles. The van der Waals surface area contributed by atoms with E-state index in [9.17, 15) is 5.11 Å². The van der Waals surface area contributed by atoms with E-state index in [1.54, 1.807) is 19.2 Å². The van der Waals surface area contributed by atoms with Crippen LogP contribution in [-0.2, 0) is 0 Å². The number of aromatic hydroxyl groups is 1. The van der Waals surface area contributed by atoms with Crippen molar-refractivity contribution < 1.29 is 14.6 Å². The van der Waals surface area contributed by atoms with Gasteiger partial charge in [0.15, 0.2) is 10.8 Å². The Labute approximate surface area is 171 Å². The van der Waals surface area contributed by atoms with Crippen LogP contribution in [0.15, 0.2) is 36.4 Å². The fraction of sp³-hybridized carbons (Fsp3) is 0.409. The number of phenolic OH excluding ortho intramolecular Hbond substituents is 1. The number of ether oxygens (including phenoxy) is 2. The molecule has 6 heteroatoms. The molecule has 5 nitrogen and oxygen atoms in total. The fourth-order valence-electron chi connectivity index (χ4n) is 4.62. The first-order chi connectivity index (χ1) is 13.2. The molecule has 0 amide bonds. The highest BCUT2D eigenvalue weighted by Gasteiger charge is 2.49. The summed E-state index contributed by atoms with van der Waals surface area (Å²) < 4.78 is 11.8. The quantitative estimate of drug-likeness (QED) is 0.666. The number of methoxy groups -OCH3 is 1. The standard InChI is InChI=1S/C22H26N2O3S/c1-13-9-15(25)10-18-19(13)17(14-5-7-16(26-4)8-6-14)11-22(27-18)12-21(2,3)23-20(28)24-22/h5-10,17,25H,11-12H2,1-4H3,(H2,23,24,28)/t17-,22+/m1/s1. The topological polar surface area (TPSA) is 62.8 Å². The maximum atomic E-state index is 10.2. The number of rotatable bonds is 2. The largest absolute Gasteiger partial charge is 0.508 e. The number of phenols is 1. The molecule has 0 aliphatic carbocycles. The van der Waals surface area contributed by atoms with Crippen molar-refractivity contribution in [2.24, 2.45) is 0 Å². The number of thiocarbonyl (C=S) groups is 1. The van der Waals surface area contributed by atoms with Crippen LogP contribution >= 0.6 is 12.2 Å². The number of hydrogen-bond acceptors (Lipinski definition) is 4. The molecule has 0 radical (unpaired) electrons. The van der Waals surface area contributed by atoms with E-state index >= 15 is 0 Å². The van der Waals surface area contributed by atoms with Gasteiger partial charge in [0.2, 0.25) is 0 Å². The van der Waals surface area contributed by atoms with E-state index in [0.717, 1.165) is 29.7 Å². The monoisotopic (exact) mass is 398 g/mol. The molecule has 3 N–H and O–H groups in total. The van der Waals surface area contributed by atoms with Gasteiger partial charge in [-0.1, -0.05) is 12.1 Å². The summed E-state index contributed by atoms with van der Waals surface area (Å²) >= 11 is 5.48. The zero-order valence-corrected chi connectivity index (χ0v) is 17.4. The number of hydrogen-bond donors (Lipinski definition) is 3. The van der Waals surface area contributed by atoms with Gasteiger partial charge in [0, 0.05) is 35.9 Å². The van der Waals surface area contributed by atoms with Crippen molar-refractivity contribution in [2.45, 2.75) is 50.8 Å². The van der Waals surface area contributed by atoms with E-state index in [1.807, 2.05) is 19.1 Å². The van der Waals surface area contributed by atoms with E-state index in [0.29, 0.717) is 10.9 Å². The van der Waals surface area contributed by atoms with Gasteiger partial charge in [0.25, 0.3) is 0 Å². The van der Waals surface area contributed by atoms with Crippen LogP contribution in [-0.4, -0.2) is 28.6 Å². The molecule has 28 heavy (non-hydrogen) atoms. The average molecular weight is 399 g/mol. The summed E-state index contributed by atoms with van der Waals surface area (Å²) in [6.45, 7) is 6.26. The molecular formula is C22H26N2O3S. The van der Waals surface area contributed by atoms with Gasteiger partial charge in [0.05, 0.1) is 7.11 Å². The Balaban J connectivity index is 1.83. The van der Waals surface area contributed by atoms with Crippen molar-refractivity contribution in [3.8, 4) is 17.2 Å². The smallest absolute Gasteiger partial charge is 0.185 e. The van der Waals surface area contributed by atoms with Crippen LogP contribution in [0, 0.1) is 6.92 Å². The van der Waals surface area contributed by atoms with E-state index in [2.05, 4.69) is 36.6 Å². The van der Waals surface area contributed by atoms with Crippen molar-refractivity contribution >= 4 is 17.3 Å². The Morgan fingerprint density at radius 1 is 1.18 bits per heavy atom. The van der Waals surface area contributed by atoms with Gasteiger partial charge >= 0.3 is 0 Å². The first-order valence-electron chi connectivity index (χ1n) is 9.47. The molecule has 1 saturated heterocycles. The average Bonchev–Trinajstić information content (AvgIpc) is 2.58. The maximum Gasteiger partial charge on any atom is 0.185 e. The Bertz CT molecular complexity index is 926. The second-order valence-corrected chi connectivity index (χ2v) is 8.85. The summed E-state index contributed by atoms with van der Waals surface area (Å²) in [5.74, 6) is 1.85. The zero-order chi connectivity index (χ0) is 20.1. The molecule has 2 aliphatic rings. The van der Waals surface area contributed by atoms with Gasteiger partial charge in [-0.25, -0.2) is 0 Å². The Kier molecular flexibility index (Phi) is 4.42. The van der Waals surface area contributed by atoms with Crippen LogP contribution in [0.3, 0.4) is 0 Å². The lowest BCUT2D eigenvalue weighted by atomic mass is 9.76. The zero-order valence-electron chi connectivity index (χ0n) is 16.6. The number of aryl methyl sites for hydroxylation is 1. The number of nitrogens with one attached hydrogen (secondary N) is 2. The summed E-state index contributed by atoms with van der Waals surface area (Å²) in [4.78, 5) is 0. The second kappa shape index (κ2) is 6.55. The number of fused-ring (bicyclic) bond motifs is 1. The van der Waals surface area contributed by atoms with Crippen LogP contribution in [0.1, 0.15) is 49.3 Å². The third kappa shape index (κ3) is 3.37. The Hall–Kier alpha value is -2.47. The lowest BCUT2D eigenvalue weighted by Gasteiger charge is -2.50. The highest BCUT2D eigenvalue weighted by atomic mass is 32.1. The van der Waals surface area contributed by atoms with Crippen LogP contribution in [0.4, 0.5) is 0 Å². The van der Waals surface area contributed by atoms with Crippen LogP contribution in [0.25, 0.3) is 0 Å². The minimum absolute atomic E-state index is 0.111. The van der Waals surface area contributed by atoms with Crippen molar-refractivity contribution in [3.05, 3.63) is 53.1 Å². The van der Waals surface area contributed by atoms with E-state index < -0.39 is 5.72 Å². The summed E-state index contributed by atoms with van der Waals surface area (Å²) in [5.41, 5.74) is 2.47. The molecule has 0 bridgehead atoms. The summed E-state index contributed by atoms with van der Waals surface area (Å²) in [6, 6.07) is 11.7. The van der Waals surface area contributed by atoms with Gasteiger partial charge in [0.1, 0.15) is 17.2 Å². The molecule has 2 atom stereocenters. The van der Waals surface area contributed by atoms with Crippen LogP contribution in [0.2, 0.25) is 0 Å². The lowest BCUT2D eigenvalue weighted by molar-refractivity contribution is -0.0130. The van der Waals surface area contributed by atoms with Crippen LogP contribution < -0.4 is 20.1 Å². The van der Waals surface area contributed by atoms with Gasteiger partial charge in [-0.15, -0.1) is 0 Å². The fourth-order valence-corrected chi connectivity index (χ4v) is 5.08. The minimum Gasteiger partial charge on any atom is -0.508 e. The lowest BCUT2D eigenvalue weighted by Crippen LogP contribution is -2.69. The van der Waals surface area contributed by atoms with E-state index in [1.165, 1.54) is 5.56 Å². The highest BCUT2D eigenvalue weighted by Crippen LogP contribution is 2.49. The van der Waals surface area contributed by atoms with E-state index in [-0.39, 0.29) is 17.2 Å². The maximum absolute atomic E-state index is 10.2. The van der Waals surface area contributed by atoms with Crippen molar-refractivity contribution in [1.82, 2.24) is 10.6 Å². The summed E-state index contributed by atoms with van der Waals surface area (Å²) in [6.07, 6.45) is 1.48. The first-order valence-corrected chi connectivity index (χ1v) is 9.88. The molecule has 1 fully saturated rings. The normalized spacial score (nSPS) is 25.3. The molecule has 2 aromatic carbocycles. The SMILES string of the molecule is COc1ccc([C@H]2C[C@@]3(CC(C)(C)NC(=S)N3)Oc3cc(O)cc(C)c32)cc1. The molecule has 0 aromatic heterocycles. The minimum atomic E-state index is -0.635. The molecule has 0 unspecified atom stereocenters. The van der Waals surface area contributed by atoms with Crippen molar-refractivity contribution in [1.29, 1.82) is 0 Å². The van der Waals surface area contributed by atoms with Gasteiger partial charge in [-0.05, 0) is 62.3 Å². The summed E-state index contributed by atoms with van der Waals surface area (Å²) in [5, 5.41) is 17.5. The molecule has 148 valence electrons. The first kappa shape index (κ1) is 18.9. The predicted molar refractivity (Wildman–Crippen MR) is 113 cm³/mol. The van der Waals surface area contributed by atoms with E-state index in [4.69, 9.17) is 21.7 Å². The second-order valence-electron chi connectivity index (χ2n) is 8.44. The van der Waals surface area contributed by atoms with Gasteiger partial charge < -0.3 is 25.2 Å². The molecule has 2 aromatic rings. The van der Waals surface area contributed by atoms with Crippen molar-refractivity contribution in [3.63, 3.8) is 0 Å². The number of benzene rings is 2. The highest BCUT2D eigenvalue weighted by molar-refractivity contribution is 7.80. The molecule has 0 saturated carbocycles. The molecule has 2 aliphatic heterocycles. The Morgan fingerprint density at radius 3 is 2.54 bits per heavy atom. The van der Waals surface area contributed by atoms with Crippen molar-refractivity contribution in [2.75, 3.05) is 7.11 Å². The molecular weight excluding hydrogens is 372 g/mol. The predicted octanol–water partition coefficient (Wildman–Crippen LogP) is 3.97.